The number of piperazine rings is 1. The van der Waals surface area contributed by atoms with Gasteiger partial charge in [0.15, 0.2) is 12.1 Å². The van der Waals surface area contributed by atoms with E-state index in [4.69, 9.17) is 4.74 Å². The Morgan fingerprint density at radius 3 is 2.23 bits per heavy atom. The maximum Gasteiger partial charge on any atom is 0.416 e. The second-order valence-corrected chi connectivity index (χ2v) is 11.0. The summed E-state index contributed by atoms with van der Waals surface area (Å²) in [5.74, 6) is 0.179. The van der Waals surface area contributed by atoms with E-state index in [1.807, 2.05) is 4.90 Å². The van der Waals surface area contributed by atoms with Gasteiger partial charge >= 0.3 is 12.4 Å². The molecule has 3 heterocycles. The molecule has 0 bridgehead atoms. The Hall–Kier alpha value is -3.75. The number of carbonyl (C=O) groups is 1. The number of rotatable bonds is 4. The van der Waals surface area contributed by atoms with Crippen LogP contribution in [-0.2, 0) is 28.3 Å². The number of aryl methyl sites for hydroxylation is 1. The van der Waals surface area contributed by atoms with Gasteiger partial charge in [-0.05, 0) is 54.3 Å². The van der Waals surface area contributed by atoms with E-state index in [9.17, 15) is 36.3 Å². The van der Waals surface area contributed by atoms with Crippen LogP contribution in [0.5, 0.6) is 0 Å². The number of hydrogen-bond donors (Lipinski definition) is 2. The van der Waals surface area contributed by atoms with Crippen molar-refractivity contribution in [3.05, 3.63) is 93.0 Å². The van der Waals surface area contributed by atoms with Gasteiger partial charge in [-0.1, -0.05) is 24.3 Å². The third-order valence-corrected chi connectivity index (χ3v) is 8.06. The molecule has 1 fully saturated rings. The van der Waals surface area contributed by atoms with Crippen molar-refractivity contribution < 1.29 is 35.9 Å². The lowest BCUT2D eigenvalue weighted by molar-refractivity contribution is -0.143. The molecule has 0 saturated carbocycles. The molecule has 14 heteroatoms. The highest BCUT2D eigenvalue weighted by Gasteiger charge is 2.38. The van der Waals surface area contributed by atoms with Crippen molar-refractivity contribution in [2.75, 3.05) is 39.4 Å². The Morgan fingerprint density at radius 2 is 1.64 bits per heavy atom. The second-order valence-electron chi connectivity index (χ2n) is 11.0. The maximum absolute atomic E-state index is 14.4. The monoisotopic (exact) mass is 624 g/mol. The third kappa shape index (κ3) is 6.81. The van der Waals surface area contributed by atoms with E-state index in [1.54, 1.807) is 42.2 Å². The summed E-state index contributed by atoms with van der Waals surface area (Å²) in [5.41, 5.74) is -1.37. The molecule has 0 aliphatic carbocycles. The normalized spacial score (nSPS) is 23.2. The van der Waals surface area contributed by atoms with Crippen molar-refractivity contribution in [1.29, 1.82) is 0 Å². The molecule has 3 aliphatic rings. The number of nitrogens with one attached hydrogen (secondary N) is 2. The number of carbonyl (C=O) groups excluding carboxylic acids is 1. The van der Waals surface area contributed by atoms with E-state index in [1.165, 1.54) is 6.92 Å². The quantitative estimate of drug-likeness (QED) is 0.479. The number of hydrogen-bond acceptors (Lipinski definition) is 7. The van der Waals surface area contributed by atoms with Gasteiger partial charge in [0.25, 0.3) is 0 Å². The van der Waals surface area contributed by atoms with Gasteiger partial charge in [0.1, 0.15) is 0 Å². The van der Waals surface area contributed by atoms with Gasteiger partial charge < -0.3 is 25.2 Å². The number of alkyl halides is 6. The first kappa shape index (κ1) is 31.7. The van der Waals surface area contributed by atoms with Crippen LogP contribution >= 0.6 is 0 Å². The average Bonchev–Trinajstić information content (AvgIpc) is 2.97. The third-order valence-electron chi connectivity index (χ3n) is 8.06. The molecule has 5 rings (SSSR count). The fourth-order valence-electron chi connectivity index (χ4n) is 5.70. The topological polar surface area (TPSA) is 83.1 Å². The van der Waals surface area contributed by atoms with E-state index in [0.29, 0.717) is 54.5 Å². The second kappa shape index (κ2) is 12.3. The largest absolute Gasteiger partial charge is 0.758 e. The Bertz CT molecular complexity index is 1420. The van der Waals surface area contributed by atoms with Gasteiger partial charge in [-0.25, -0.2) is 0 Å². The van der Waals surface area contributed by atoms with Crippen molar-refractivity contribution in [3.63, 3.8) is 0 Å². The average molecular weight is 625 g/mol. The summed E-state index contributed by atoms with van der Waals surface area (Å²) >= 11 is 0. The van der Waals surface area contributed by atoms with Crippen LogP contribution in [0, 0.1) is 12.1 Å². The summed E-state index contributed by atoms with van der Waals surface area (Å²) < 4.78 is 88.5. The van der Waals surface area contributed by atoms with Gasteiger partial charge in [-0.2, -0.15) is 26.3 Å². The summed E-state index contributed by atoms with van der Waals surface area (Å²) in [6, 6.07) is 7.23. The standard InChI is InChI=1S/C30H32F6N5O3/c1-18-5-3-4-6-23(18)26-15-27(40-9-7-39(8-10-40)19(2)42)44-28-24(16-37-17-38-28)25(41(26)43)13-20-11-21(29(31,32)33)14-22(12-20)30(34,35)36/h3-6,11-12,14-15,25,27,37-38H,7-10,13,16-17H2,1-2H3/q-1/b26-15-. The Morgan fingerprint density at radius 1 is 1.00 bits per heavy atom. The highest BCUT2D eigenvalue weighted by Crippen LogP contribution is 2.38. The molecular weight excluding hydrogens is 592 g/mol. The number of hydroxylamine groups is 2. The molecule has 0 radical (unpaired) electrons. The SMILES string of the molecule is CC(=O)N1CCN(C2/C=C(/c3ccccc3C)N([O-])C(Cc3cc(C(F)(F)F)cc(C(F)(F)F)c3)C3=C(NCNC3)O2)CC1. The van der Waals surface area contributed by atoms with E-state index in [0.717, 1.165) is 5.56 Å². The molecule has 2 aromatic rings. The fraction of sp³-hybridized carbons (Fsp3) is 0.433. The van der Waals surface area contributed by atoms with Crippen molar-refractivity contribution in [2.45, 2.75) is 44.9 Å². The van der Waals surface area contributed by atoms with Crippen LogP contribution in [0.15, 0.2) is 60.0 Å². The van der Waals surface area contributed by atoms with Crippen LogP contribution in [0.25, 0.3) is 5.70 Å². The summed E-state index contributed by atoms with van der Waals surface area (Å²) in [7, 11) is 0. The van der Waals surface area contributed by atoms with Crippen LogP contribution in [-0.4, -0.2) is 72.4 Å². The van der Waals surface area contributed by atoms with Crippen LogP contribution in [0.3, 0.4) is 0 Å². The minimum Gasteiger partial charge on any atom is -0.758 e. The van der Waals surface area contributed by atoms with Crippen LogP contribution in [0.2, 0.25) is 0 Å². The molecule has 238 valence electrons. The number of benzene rings is 2. The molecule has 2 atom stereocenters. The Balaban J connectivity index is 1.60. The molecule has 2 unspecified atom stereocenters. The predicted octanol–water partition coefficient (Wildman–Crippen LogP) is 4.67. The number of halogens is 6. The Kier molecular flexibility index (Phi) is 8.87. The number of ether oxygens (including phenoxy) is 1. The zero-order valence-corrected chi connectivity index (χ0v) is 24.1. The minimum atomic E-state index is -5.03. The first-order valence-electron chi connectivity index (χ1n) is 14.1. The zero-order chi connectivity index (χ0) is 31.8. The van der Waals surface area contributed by atoms with Gasteiger partial charge in [-0.15, -0.1) is 0 Å². The van der Waals surface area contributed by atoms with Crippen molar-refractivity contribution in [2.24, 2.45) is 0 Å². The molecule has 1 amide bonds. The zero-order valence-electron chi connectivity index (χ0n) is 24.1. The van der Waals surface area contributed by atoms with Crippen LogP contribution < -0.4 is 10.6 Å². The fourth-order valence-corrected chi connectivity index (χ4v) is 5.70. The molecule has 0 spiro atoms. The van der Waals surface area contributed by atoms with E-state index in [2.05, 4.69) is 10.6 Å². The first-order valence-corrected chi connectivity index (χ1v) is 14.1. The Labute approximate surface area is 250 Å². The van der Waals surface area contributed by atoms with Crippen LogP contribution in [0.4, 0.5) is 26.3 Å². The molecule has 8 nitrogen and oxygen atoms in total. The van der Waals surface area contributed by atoms with Crippen molar-refractivity contribution in [3.8, 4) is 0 Å². The van der Waals surface area contributed by atoms with E-state index in [-0.39, 0.29) is 42.3 Å². The molecule has 0 aromatic heterocycles. The molecule has 3 aliphatic heterocycles. The van der Waals surface area contributed by atoms with Gasteiger partial charge in [-0.3, -0.25) is 15.0 Å². The van der Waals surface area contributed by atoms with E-state index >= 15 is 0 Å². The summed E-state index contributed by atoms with van der Waals surface area (Å²) in [4.78, 5) is 15.6. The number of nitrogens with zero attached hydrogens (tertiary/aromatic N) is 3. The van der Waals surface area contributed by atoms with E-state index < -0.39 is 42.2 Å². The van der Waals surface area contributed by atoms with Gasteiger partial charge in [0.2, 0.25) is 5.91 Å². The van der Waals surface area contributed by atoms with Gasteiger partial charge in [0, 0.05) is 57.0 Å². The molecule has 44 heavy (non-hydrogen) atoms. The first-order chi connectivity index (χ1) is 20.7. The highest BCUT2D eigenvalue weighted by atomic mass is 19.4. The molecular formula is C30H32F6N5O3-. The summed E-state index contributed by atoms with van der Waals surface area (Å²) in [5, 5.41) is 21.2. The van der Waals surface area contributed by atoms with Crippen molar-refractivity contribution in [1.82, 2.24) is 25.5 Å². The number of amides is 1. The smallest absolute Gasteiger partial charge is 0.416 e. The minimum absolute atomic E-state index is 0.0544. The molecule has 1 saturated heterocycles. The summed E-state index contributed by atoms with van der Waals surface area (Å²) in [6.07, 6.45) is -9.63. The van der Waals surface area contributed by atoms with Crippen molar-refractivity contribution >= 4 is 11.6 Å². The summed E-state index contributed by atoms with van der Waals surface area (Å²) in [6.45, 7) is 5.48. The lowest BCUT2D eigenvalue weighted by Crippen LogP contribution is -2.54. The maximum atomic E-state index is 14.4. The predicted molar refractivity (Wildman–Crippen MR) is 150 cm³/mol. The molecule has 2 N–H and O–H groups in total. The molecule has 2 aromatic carbocycles. The van der Waals surface area contributed by atoms with Gasteiger partial charge in [0.05, 0.1) is 17.8 Å². The van der Waals surface area contributed by atoms with Crippen LogP contribution in [0.1, 0.15) is 34.7 Å². The lowest BCUT2D eigenvalue weighted by Gasteiger charge is -2.47. The highest BCUT2D eigenvalue weighted by molar-refractivity contribution is 5.73. The lowest BCUT2D eigenvalue weighted by atomic mass is 9.93.